The van der Waals surface area contributed by atoms with Gasteiger partial charge in [-0.25, -0.2) is 8.42 Å². The molecule has 0 aliphatic carbocycles. The SMILES string of the molecule is CC(COc1ccccc1)NCC(O)COc1ccc(S(C)(=O)=O)cc1. The number of ether oxygens (including phenoxy) is 2. The Labute approximate surface area is 154 Å². The third kappa shape index (κ3) is 7.03. The predicted octanol–water partition coefficient (Wildman–Crippen LogP) is 1.89. The molecule has 0 saturated heterocycles. The van der Waals surface area contributed by atoms with E-state index in [9.17, 15) is 13.5 Å². The highest BCUT2D eigenvalue weighted by Crippen LogP contribution is 2.16. The molecule has 2 aromatic rings. The van der Waals surface area contributed by atoms with Crippen LogP contribution in [-0.2, 0) is 9.84 Å². The summed E-state index contributed by atoms with van der Waals surface area (Å²) in [6.45, 7) is 2.93. The lowest BCUT2D eigenvalue weighted by Gasteiger charge is -2.18. The van der Waals surface area contributed by atoms with E-state index < -0.39 is 15.9 Å². The first-order valence-corrected chi connectivity index (χ1v) is 10.3. The largest absolute Gasteiger partial charge is 0.492 e. The van der Waals surface area contributed by atoms with Crippen LogP contribution in [0.4, 0.5) is 0 Å². The number of aliphatic hydroxyl groups excluding tert-OH is 1. The van der Waals surface area contributed by atoms with Gasteiger partial charge in [0.1, 0.15) is 30.8 Å². The van der Waals surface area contributed by atoms with Crippen molar-refractivity contribution in [1.29, 1.82) is 0 Å². The monoisotopic (exact) mass is 379 g/mol. The topological polar surface area (TPSA) is 84.9 Å². The zero-order chi connectivity index (χ0) is 19.0. The van der Waals surface area contributed by atoms with Crippen molar-refractivity contribution in [3.05, 3.63) is 54.6 Å². The second kappa shape index (κ2) is 9.56. The minimum Gasteiger partial charge on any atom is -0.492 e. The molecule has 2 rings (SSSR count). The molecule has 0 amide bonds. The normalized spacial score (nSPS) is 13.8. The van der Waals surface area contributed by atoms with Crippen LogP contribution in [0.5, 0.6) is 11.5 Å². The van der Waals surface area contributed by atoms with Crippen molar-refractivity contribution in [2.75, 3.05) is 26.0 Å². The summed E-state index contributed by atoms with van der Waals surface area (Å²) in [6.07, 6.45) is 0.463. The summed E-state index contributed by atoms with van der Waals surface area (Å²) in [7, 11) is -3.22. The Morgan fingerprint density at radius 3 is 2.15 bits per heavy atom. The van der Waals surface area contributed by atoms with Gasteiger partial charge < -0.3 is 19.9 Å². The summed E-state index contributed by atoms with van der Waals surface area (Å²) in [5, 5.41) is 13.2. The van der Waals surface area contributed by atoms with E-state index in [1.807, 2.05) is 37.3 Å². The van der Waals surface area contributed by atoms with Gasteiger partial charge >= 0.3 is 0 Å². The smallest absolute Gasteiger partial charge is 0.175 e. The van der Waals surface area contributed by atoms with Gasteiger partial charge in [0.25, 0.3) is 0 Å². The number of sulfone groups is 1. The number of nitrogens with one attached hydrogen (secondary N) is 1. The van der Waals surface area contributed by atoms with Crippen LogP contribution >= 0.6 is 0 Å². The fourth-order valence-corrected chi connectivity index (χ4v) is 2.80. The number of hydrogen-bond acceptors (Lipinski definition) is 6. The Hall–Kier alpha value is -2.09. The molecule has 0 aromatic heterocycles. The highest BCUT2D eigenvalue weighted by Gasteiger charge is 2.10. The van der Waals surface area contributed by atoms with E-state index in [-0.39, 0.29) is 17.5 Å². The third-order valence-corrected chi connectivity index (χ3v) is 4.77. The maximum Gasteiger partial charge on any atom is 0.175 e. The van der Waals surface area contributed by atoms with Crippen molar-refractivity contribution < 1.29 is 23.0 Å². The summed E-state index contributed by atoms with van der Waals surface area (Å²) in [6, 6.07) is 15.7. The molecule has 2 N–H and O–H groups in total. The molecule has 0 radical (unpaired) electrons. The molecule has 2 aromatic carbocycles. The molecule has 26 heavy (non-hydrogen) atoms. The molecule has 0 bridgehead atoms. The molecular formula is C19H25NO5S. The van der Waals surface area contributed by atoms with E-state index in [0.717, 1.165) is 12.0 Å². The van der Waals surface area contributed by atoms with Crippen LogP contribution in [0.25, 0.3) is 0 Å². The lowest BCUT2D eigenvalue weighted by Crippen LogP contribution is -2.39. The van der Waals surface area contributed by atoms with Crippen LogP contribution in [0.15, 0.2) is 59.5 Å². The highest BCUT2D eigenvalue weighted by atomic mass is 32.2. The number of para-hydroxylation sites is 1. The molecular weight excluding hydrogens is 354 g/mol. The van der Waals surface area contributed by atoms with Crippen molar-refractivity contribution in [3.63, 3.8) is 0 Å². The van der Waals surface area contributed by atoms with Crippen molar-refractivity contribution in [2.24, 2.45) is 0 Å². The first kappa shape index (κ1) is 20.2. The lowest BCUT2D eigenvalue weighted by molar-refractivity contribution is 0.101. The maximum absolute atomic E-state index is 11.4. The van der Waals surface area contributed by atoms with Crippen LogP contribution in [0, 0.1) is 0 Å². The molecule has 0 heterocycles. The zero-order valence-electron chi connectivity index (χ0n) is 15.0. The molecule has 7 heteroatoms. The van der Waals surface area contributed by atoms with E-state index in [2.05, 4.69) is 5.32 Å². The fourth-order valence-electron chi connectivity index (χ4n) is 2.17. The van der Waals surface area contributed by atoms with Crippen molar-refractivity contribution in [3.8, 4) is 11.5 Å². The van der Waals surface area contributed by atoms with E-state index in [1.54, 1.807) is 12.1 Å². The second-order valence-electron chi connectivity index (χ2n) is 6.14. The summed E-state index contributed by atoms with van der Waals surface area (Å²) in [4.78, 5) is 0.235. The molecule has 0 aliphatic heterocycles. The number of hydrogen-bond donors (Lipinski definition) is 2. The quantitative estimate of drug-likeness (QED) is 0.656. The second-order valence-corrected chi connectivity index (χ2v) is 8.16. The van der Waals surface area contributed by atoms with Gasteiger partial charge in [-0.3, -0.25) is 0 Å². The average molecular weight is 379 g/mol. The van der Waals surface area contributed by atoms with Crippen molar-refractivity contribution >= 4 is 9.84 Å². The number of aliphatic hydroxyl groups is 1. The van der Waals surface area contributed by atoms with Crippen molar-refractivity contribution in [1.82, 2.24) is 5.32 Å². The zero-order valence-corrected chi connectivity index (χ0v) is 15.8. The van der Waals surface area contributed by atoms with Gasteiger partial charge in [-0.2, -0.15) is 0 Å². The molecule has 6 nitrogen and oxygen atoms in total. The van der Waals surface area contributed by atoms with Gasteiger partial charge in [0.15, 0.2) is 9.84 Å². The standard InChI is InChI=1S/C19H25NO5S/c1-15(13-24-17-6-4-3-5-7-17)20-12-16(21)14-25-18-8-10-19(11-9-18)26(2,22)23/h3-11,15-16,20-21H,12-14H2,1-2H3. The average Bonchev–Trinajstić information content (AvgIpc) is 2.63. The molecule has 0 aliphatic rings. The Bertz CT molecular complexity index is 762. The van der Waals surface area contributed by atoms with Gasteiger partial charge in [-0.15, -0.1) is 0 Å². The van der Waals surface area contributed by atoms with Gasteiger partial charge in [0.05, 0.1) is 4.90 Å². The van der Waals surface area contributed by atoms with Gasteiger partial charge in [0.2, 0.25) is 0 Å². The third-order valence-electron chi connectivity index (χ3n) is 3.64. The molecule has 0 saturated carbocycles. The van der Waals surface area contributed by atoms with Crippen LogP contribution in [0.1, 0.15) is 6.92 Å². The summed E-state index contributed by atoms with van der Waals surface area (Å²) in [5.41, 5.74) is 0. The van der Waals surface area contributed by atoms with Crippen molar-refractivity contribution in [2.45, 2.75) is 24.0 Å². The van der Waals surface area contributed by atoms with Crippen LogP contribution in [-0.4, -0.2) is 51.7 Å². The van der Waals surface area contributed by atoms with E-state index in [4.69, 9.17) is 9.47 Å². The Morgan fingerprint density at radius 1 is 0.962 bits per heavy atom. The van der Waals surface area contributed by atoms with E-state index in [1.165, 1.54) is 12.1 Å². The molecule has 142 valence electrons. The van der Waals surface area contributed by atoms with Crippen LogP contribution in [0.2, 0.25) is 0 Å². The van der Waals surface area contributed by atoms with E-state index >= 15 is 0 Å². The fraction of sp³-hybridized carbons (Fsp3) is 0.368. The highest BCUT2D eigenvalue weighted by molar-refractivity contribution is 7.90. The Kier molecular flexibility index (Phi) is 7.44. The van der Waals surface area contributed by atoms with Gasteiger partial charge in [-0.05, 0) is 43.3 Å². The Balaban J connectivity index is 1.67. The maximum atomic E-state index is 11.4. The van der Waals surface area contributed by atoms with E-state index in [0.29, 0.717) is 18.9 Å². The summed E-state index contributed by atoms with van der Waals surface area (Å²) in [5.74, 6) is 1.32. The van der Waals surface area contributed by atoms with Gasteiger partial charge in [0, 0.05) is 18.8 Å². The first-order valence-electron chi connectivity index (χ1n) is 8.37. The molecule has 0 fully saturated rings. The lowest BCUT2D eigenvalue weighted by atomic mass is 10.3. The van der Waals surface area contributed by atoms with Crippen LogP contribution in [0.3, 0.4) is 0 Å². The number of benzene rings is 2. The molecule has 2 unspecified atom stereocenters. The summed E-state index contributed by atoms with van der Waals surface area (Å²) < 4.78 is 33.9. The Morgan fingerprint density at radius 2 is 1.54 bits per heavy atom. The first-order chi connectivity index (χ1) is 12.3. The predicted molar refractivity (Wildman–Crippen MR) is 100 cm³/mol. The minimum atomic E-state index is -3.22. The van der Waals surface area contributed by atoms with Crippen LogP contribution < -0.4 is 14.8 Å². The summed E-state index contributed by atoms with van der Waals surface area (Å²) >= 11 is 0. The minimum absolute atomic E-state index is 0.0684. The van der Waals surface area contributed by atoms with Gasteiger partial charge in [-0.1, -0.05) is 18.2 Å². The molecule has 0 spiro atoms. The molecule has 2 atom stereocenters. The number of rotatable bonds is 10.